The number of hydrogen-bond acceptors (Lipinski definition) is 7. The van der Waals surface area contributed by atoms with E-state index in [9.17, 15) is 23.3 Å². The summed E-state index contributed by atoms with van der Waals surface area (Å²) in [5.41, 5.74) is 0.966. The van der Waals surface area contributed by atoms with E-state index in [1.54, 1.807) is 6.07 Å². The summed E-state index contributed by atoms with van der Waals surface area (Å²) in [6.07, 6.45) is 1.37. The van der Waals surface area contributed by atoms with E-state index in [0.717, 1.165) is 9.82 Å². The molecule has 0 N–H and O–H groups in total. The Morgan fingerprint density at radius 2 is 1.88 bits per heavy atom. The van der Waals surface area contributed by atoms with Crippen molar-refractivity contribution in [3.63, 3.8) is 0 Å². The molecule has 0 aliphatic carbocycles. The predicted molar refractivity (Wildman–Crippen MR) is 118 cm³/mol. The minimum absolute atomic E-state index is 0.0722. The second-order valence-electron chi connectivity index (χ2n) is 7.35. The van der Waals surface area contributed by atoms with Crippen LogP contribution in [0.3, 0.4) is 0 Å². The van der Waals surface area contributed by atoms with E-state index in [1.165, 1.54) is 55.3 Å². The quantitative estimate of drug-likeness (QED) is 0.320. The normalized spacial score (nSPS) is 12.1. The van der Waals surface area contributed by atoms with Gasteiger partial charge < -0.3 is 4.57 Å². The Labute approximate surface area is 182 Å². The molecule has 11 nitrogen and oxygen atoms in total. The van der Waals surface area contributed by atoms with Gasteiger partial charge in [-0.05, 0) is 31.2 Å². The Bertz CT molecular complexity index is 1540. The van der Waals surface area contributed by atoms with Crippen molar-refractivity contribution in [1.29, 1.82) is 0 Å². The first-order valence-corrected chi connectivity index (χ1v) is 11.1. The molecule has 32 heavy (non-hydrogen) atoms. The summed E-state index contributed by atoms with van der Waals surface area (Å²) in [5.74, 6) is 0.538. The third kappa shape index (κ3) is 3.52. The molecule has 166 valence electrons. The molecule has 12 heteroatoms. The number of sulfonamides is 1. The van der Waals surface area contributed by atoms with Crippen LogP contribution < -0.4 is 5.56 Å². The molecule has 0 atom stereocenters. The van der Waals surface area contributed by atoms with Crippen LogP contribution in [0.2, 0.25) is 0 Å². The largest absolute Gasteiger partial charge is 0.327 e. The van der Waals surface area contributed by atoms with Gasteiger partial charge in [-0.15, -0.1) is 0 Å². The summed E-state index contributed by atoms with van der Waals surface area (Å²) in [6, 6.07) is 8.67. The number of aryl methyl sites for hydroxylation is 1. The maximum Gasteiger partial charge on any atom is 0.270 e. The predicted octanol–water partition coefficient (Wildman–Crippen LogP) is 1.97. The number of nitro groups is 1. The molecular weight excluding hydrogens is 436 g/mol. The lowest BCUT2D eigenvalue weighted by Crippen LogP contribution is -2.23. The zero-order chi connectivity index (χ0) is 23.2. The first kappa shape index (κ1) is 21.6. The van der Waals surface area contributed by atoms with Crippen LogP contribution in [0.25, 0.3) is 21.9 Å². The van der Waals surface area contributed by atoms with Crippen LogP contribution in [0.1, 0.15) is 12.7 Å². The Morgan fingerprint density at radius 1 is 1.12 bits per heavy atom. The summed E-state index contributed by atoms with van der Waals surface area (Å²) in [4.78, 5) is 32.4. The molecule has 0 fully saturated rings. The molecule has 0 spiro atoms. The van der Waals surface area contributed by atoms with Crippen LogP contribution in [0, 0.1) is 10.1 Å². The molecule has 0 saturated carbocycles. The summed E-state index contributed by atoms with van der Waals surface area (Å²) in [6.45, 7) is 2.54. The van der Waals surface area contributed by atoms with Crippen LogP contribution >= 0.6 is 0 Å². The van der Waals surface area contributed by atoms with Gasteiger partial charge in [-0.3, -0.25) is 19.5 Å². The van der Waals surface area contributed by atoms with Crippen LogP contribution in [-0.2, 0) is 23.1 Å². The molecule has 0 bridgehead atoms. The van der Waals surface area contributed by atoms with E-state index < -0.39 is 20.5 Å². The molecule has 4 rings (SSSR count). The van der Waals surface area contributed by atoms with Crippen molar-refractivity contribution in [3.8, 4) is 0 Å². The smallest absolute Gasteiger partial charge is 0.270 e. The molecule has 0 radical (unpaired) electrons. The minimum Gasteiger partial charge on any atom is -0.327 e. The first-order chi connectivity index (χ1) is 15.1. The Morgan fingerprint density at radius 3 is 2.53 bits per heavy atom. The van der Waals surface area contributed by atoms with Gasteiger partial charge in [0.1, 0.15) is 5.82 Å². The highest BCUT2D eigenvalue weighted by atomic mass is 32.2. The van der Waals surface area contributed by atoms with Gasteiger partial charge in [-0.2, -0.15) is 0 Å². The zero-order valence-electron chi connectivity index (χ0n) is 17.6. The fourth-order valence-electron chi connectivity index (χ4n) is 3.53. The van der Waals surface area contributed by atoms with Gasteiger partial charge in [0.05, 0.1) is 44.6 Å². The Hall–Kier alpha value is -3.64. The number of benzene rings is 2. The highest BCUT2D eigenvalue weighted by Gasteiger charge is 2.20. The van der Waals surface area contributed by atoms with Gasteiger partial charge in [-0.1, -0.05) is 0 Å². The van der Waals surface area contributed by atoms with E-state index >= 15 is 0 Å². The van der Waals surface area contributed by atoms with Crippen molar-refractivity contribution in [1.82, 2.24) is 23.4 Å². The molecule has 4 aromatic rings. The van der Waals surface area contributed by atoms with Crippen molar-refractivity contribution in [2.75, 3.05) is 14.1 Å². The van der Waals surface area contributed by atoms with Gasteiger partial charge in [0.15, 0.2) is 0 Å². The average molecular weight is 456 g/mol. The number of nitro benzene ring substituents is 1. The maximum absolute atomic E-state index is 13.0. The monoisotopic (exact) mass is 456 g/mol. The van der Waals surface area contributed by atoms with Crippen molar-refractivity contribution >= 4 is 37.6 Å². The van der Waals surface area contributed by atoms with Gasteiger partial charge in [0.25, 0.3) is 11.2 Å². The summed E-state index contributed by atoms with van der Waals surface area (Å²) in [5, 5.41) is 11.2. The lowest BCUT2D eigenvalue weighted by atomic mass is 10.2. The summed E-state index contributed by atoms with van der Waals surface area (Å²) < 4.78 is 29.3. The molecule has 2 heterocycles. The zero-order valence-corrected chi connectivity index (χ0v) is 18.4. The van der Waals surface area contributed by atoms with Crippen molar-refractivity contribution in [3.05, 3.63) is 69.0 Å². The number of rotatable bonds is 6. The molecule has 0 amide bonds. The van der Waals surface area contributed by atoms with Gasteiger partial charge >= 0.3 is 0 Å². The third-order valence-electron chi connectivity index (χ3n) is 5.22. The van der Waals surface area contributed by atoms with Crippen LogP contribution in [0.5, 0.6) is 0 Å². The topological polar surface area (TPSA) is 133 Å². The maximum atomic E-state index is 13.0. The van der Waals surface area contributed by atoms with Crippen LogP contribution in [-0.4, -0.2) is 50.8 Å². The number of nitrogens with zero attached hydrogens (tertiary/aromatic N) is 6. The van der Waals surface area contributed by atoms with Gasteiger partial charge in [-0.25, -0.2) is 22.7 Å². The second-order valence-corrected chi connectivity index (χ2v) is 9.50. The van der Waals surface area contributed by atoms with Crippen molar-refractivity contribution in [2.45, 2.75) is 24.9 Å². The molecule has 2 aromatic carbocycles. The van der Waals surface area contributed by atoms with Crippen LogP contribution in [0.4, 0.5) is 5.69 Å². The third-order valence-corrected chi connectivity index (χ3v) is 7.03. The molecule has 2 aromatic heterocycles. The molecule has 0 aliphatic rings. The fourth-order valence-corrected chi connectivity index (χ4v) is 4.45. The molecular formula is C20H20N6O5S. The number of fused-ring (bicyclic) bond motifs is 2. The van der Waals surface area contributed by atoms with Gasteiger partial charge in [0.2, 0.25) is 10.0 Å². The van der Waals surface area contributed by atoms with E-state index in [0.29, 0.717) is 23.4 Å². The first-order valence-electron chi connectivity index (χ1n) is 9.68. The number of non-ortho nitro benzene ring substituents is 1. The molecule has 0 aliphatic heterocycles. The minimum atomic E-state index is -3.62. The fraction of sp³-hybridized carbons (Fsp3) is 0.250. The van der Waals surface area contributed by atoms with E-state index in [1.807, 2.05) is 11.5 Å². The highest BCUT2D eigenvalue weighted by molar-refractivity contribution is 7.89. The number of imidazole rings is 1. The van der Waals surface area contributed by atoms with Gasteiger partial charge in [0, 0.05) is 32.8 Å². The lowest BCUT2D eigenvalue weighted by molar-refractivity contribution is -0.384. The van der Waals surface area contributed by atoms with Crippen molar-refractivity contribution < 1.29 is 13.3 Å². The average Bonchev–Trinajstić information content (AvgIpc) is 3.11. The summed E-state index contributed by atoms with van der Waals surface area (Å²) in [7, 11) is -0.701. The standard InChI is InChI=1S/C20H20N6O5S/c1-4-25-18-8-6-14(32(30,31)23(2)3)10-17(18)22-19(25)11-24-12-21-16-7-5-13(26(28)29)9-15(16)20(24)27/h5-10,12H,4,11H2,1-3H3. The number of hydrogen-bond donors (Lipinski definition) is 0. The van der Waals surface area contributed by atoms with E-state index in [4.69, 9.17) is 0 Å². The summed E-state index contributed by atoms with van der Waals surface area (Å²) >= 11 is 0. The highest BCUT2D eigenvalue weighted by Crippen LogP contribution is 2.23. The van der Waals surface area contributed by atoms with Crippen LogP contribution in [0.15, 0.2) is 52.4 Å². The Balaban J connectivity index is 1.82. The SMILES string of the molecule is CCn1c(Cn2cnc3ccc([N+](=O)[O-])cc3c2=O)nc2cc(S(=O)(=O)N(C)C)ccc21. The van der Waals surface area contributed by atoms with E-state index in [2.05, 4.69) is 9.97 Å². The molecule has 0 saturated heterocycles. The number of aromatic nitrogens is 4. The Kier molecular flexibility index (Phi) is 5.26. The molecule has 0 unspecified atom stereocenters. The van der Waals surface area contributed by atoms with Crippen molar-refractivity contribution in [2.24, 2.45) is 0 Å². The second kappa shape index (κ2) is 7.80. The van der Waals surface area contributed by atoms with E-state index in [-0.39, 0.29) is 22.5 Å². The lowest BCUT2D eigenvalue weighted by Gasteiger charge is -2.11.